The molecule has 0 saturated carbocycles. The molecule has 0 radical (unpaired) electrons. The number of carbonyl (C=O) groups excluding carboxylic acids is 2. The largest absolute Gasteiger partial charge is 0.465 e. The van der Waals surface area contributed by atoms with Gasteiger partial charge in [0.2, 0.25) is 0 Å². The van der Waals surface area contributed by atoms with E-state index in [4.69, 9.17) is 18.9 Å². The minimum atomic E-state index is -2.22. The fourth-order valence-electron chi connectivity index (χ4n) is 6.80. The topological polar surface area (TPSA) is 123 Å². The first-order valence-corrected chi connectivity index (χ1v) is 22.3. The van der Waals surface area contributed by atoms with Crippen LogP contribution < -0.4 is 0 Å². The highest BCUT2D eigenvalue weighted by Gasteiger charge is 2.45. The monoisotopic (exact) mass is 754 g/mol. The van der Waals surface area contributed by atoms with Crippen LogP contribution in [0.2, 0.25) is 18.1 Å². The summed E-state index contributed by atoms with van der Waals surface area (Å²) in [7, 11) is -2.22. The van der Waals surface area contributed by atoms with Crippen LogP contribution in [0.3, 0.4) is 0 Å². The molecule has 0 spiro atoms. The molecule has 0 N–H and O–H groups in total. The van der Waals surface area contributed by atoms with Gasteiger partial charge in [0.1, 0.15) is 12.0 Å². The summed E-state index contributed by atoms with van der Waals surface area (Å²) in [6, 6.07) is 7.59. The van der Waals surface area contributed by atoms with Gasteiger partial charge in [-0.15, -0.1) is 0 Å². The van der Waals surface area contributed by atoms with E-state index in [1.165, 1.54) is 17.8 Å². The number of carbonyl (C=O) groups is 2. The highest BCUT2D eigenvalue weighted by molar-refractivity contribution is 6.74. The average Bonchev–Trinajstić information content (AvgIpc) is 3.75. The zero-order valence-electron chi connectivity index (χ0n) is 33.6. The minimum absolute atomic E-state index is 0.00157. The Morgan fingerprint density at radius 2 is 1.44 bits per heavy atom. The van der Waals surface area contributed by atoms with Crippen LogP contribution in [0.4, 0.5) is 0 Å². The van der Waals surface area contributed by atoms with Gasteiger partial charge in [0.15, 0.2) is 8.32 Å². The van der Waals surface area contributed by atoms with Crippen LogP contribution in [0.25, 0.3) is 11.6 Å². The molecule has 0 aromatic carbocycles. The number of rotatable bonds is 11. The van der Waals surface area contributed by atoms with E-state index in [9.17, 15) is 9.59 Å². The zero-order valence-corrected chi connectivity index (χ0v) is 34.6. The number of fused-ring (bicyclic) bond motifs is 2. The molecule has 12 heteroatoms. The van der Waals surface area contributed by atoms with Crippen LogP contribution in [0, 0.1) is 13.8 Å². The second kappa shape index (κ2) is 17.8. The van der Waals surface area contributed by atoms with E-state index in [1.807, 2.05) is 70.7 Å². The second-order valence-corrected chi connectivity index (χ2v) is 20.4. The average molecular weight is 755 g/mol. The molecule has 0 bridgehead atoms. The van der Waals surface area contributed by atoms with Gasteiger partial charge < -0.3 is 23.0 Å². The van der Waals surface area contributed by atoms with Crippen LogP contribution >= 0.6 is 0 Å². The third-order valence-corrected chi connectivity index (χ3v) is 15.1. The van der Waals surface area contributed by atoms with Gasteiger partial charge in [-0.25, -0.2) is 14.8 Å². The van der Waals surface area contributed by atoms with Crippen LogP contribution in [-0.4, -0.2) is 62.5 Å². The van der Waals surface area contributed by atoms with E-state index in [0.717, 1.165) is 79.1 Å². The van der Waals surface area contributed by atoms with Crippen molar-refractivity contribution in [3.8, 4) is 0 Å². The Bertz CT molecular complexity index is 1940. The highest BCUT2D eigenvalue weighted by Crippen LogP contribution is 2.45. The van der Waals surface area contributed by atoms with Gasteiger partial charge >= 0.3 is 11.9 Å². The van der Waals surface area contributed by atoms with Crippen molar-refractivity contribution in [3.63, 3.8) is 0 Å². The van der Waals surface area contributed by atoms with Crippen molar-refractivity contribution in [2.24, 2.45) is 0 Å². The van der Waals surface area contributed by atoms with Crippen molar-refractivity contribution in [1.29, 1.82) is 0 Å². The first-order valence-electron chi connectivity index (χ1n) is 19.4. The maximum absolute atomic E-state index is 13.4. The van der Waals surface area contributed by atoms with Crippen molar-refractivity contribution in [1.82, 2.24) is 29.1 Å². The van der Waals surface area contributed by atoms with Crippen molar-refractivity contribution >= 4 is 31.9 Å². The van der Waals surface area contributed by atoms with Crippen LogP contribution in [0.5, 0.6) is 0 Å². The summed E-state index contributed by atoms with van der Waals surface area (Å²) < 4.78 is 22.2. The number of hydrogen-bond donors (Lipinski definition) is 0. The van der Waals surface area contributed by atoms with Crippen LogP contribution in [0.1, 0.15) is 118 Å². The molecular weight excluding hydrogens is 697 g/mol. The number of aromatic nitrogens is 6. The number of aryl methyl sites for hydroxylation is 4. The summed E-state index contributed by atoms with van der Waals surface area (Å²) in [6.07, 6.45) is 15.2. The molecule has 6 rings (SSSR count). The standard InChI is InChI=1S/C24H37N3O3Si.C18H21N3O2/c1-8-29-23(28)20(18-12-13-25-17(2)15-18)22(30-31(6,7)24(3,4)5)21-19-11-9-10-14-27(19)16-26-21;1-3-23-18(22)15(14-7-8-19-13(2)10-14)11-16-17-6-4-5-9-21(17)12-20-16/h12-13,15-16,20,22H,8-11,14H2,1-7H3;7-8,10-12H,3-6,9H2,1-2H3/b;15-11-. The summed E-state index contributed by atoms with van der Waals surface area (Å²) in [6.45, 7) is 21.2. The molecule has 2 atom stereocenters. The minimum Gasteiger partial charge on any atom is -0.465 e. The van der Waals surface area contributed by atoms with Crippen molar-refractivity contribution in [2.75, 3.05) is 13.2 Å². The van der Waals surface area contributed by atoms with Crippen molar-refractivity contribution in [3.05, 3.63) is 94.6 Å². The molecule has 0 amide bonds. The summed E-state index contributed by atoms with van der Waals surface area (Å²) in [5.41, 5.74) is 8.08. The molecule has 11 nitrogen and oxygen atoms in total. The summed E-state index contributed by atoms with van der Waals surface area (Å²) in [5.74, 6) is -1.18. The summed E-state index contributed by atoms with van der Waals surface area (Å²) in [4.78, 5) is 43.6. The van der Waals surface area contributed by atoms with E-state index >= 15 is 0 Å². The molecule has 290 valence electrons. The molecule has 2 aliphatic heterocycles. The molecule has 4 aromatic heterocycles. The van der Waals surface area contributed by atoms with E-state index in [0.29, 0.717) is 18.8 Å². The molecule has 0 fully saturated rings. The molecule has 0 aliphatic carbocycles. The number of ether oxygens (including phenoxy) is 2. The Balaban J connectivity index is 0.000000217. The fourth-order valence-corrected chi connectivity index (χ4v) is 8.04. The van der Waals surface area contributed by atoms with E-state index in [-0.39, 0.29) is 17.0 Å². The van der Waals surface area contributed by atoms with E-state index in [2.05, 4.69) is 58.0 Å². The number of hydrogen-bond acceptors (Lipinski definition) is 9. The number of esters is 2. The zero-order chi connectivity index (χ0) is 39.0. The maximum Gasteiger partial charge on any atom is 0.338 e. The van der Waals surface area contributed by atoms with Gasteiger partial charge in [-0.2, -0.15) is 0 Å². The van der Waals surface area contributed by atoms with E-state index in [1.54, 1.807) is 12.4 Å². The van der Waals surface area contributed by atoms with Gasteiger partial charge in [0.25, 0.3) is 0 Å². The molecule has 54 heavy (non-hydrogen) atoms. The lowest BCUT2D eigenvalue weighted by molar-refractivity contribution is -0.147. The SMILES string of the molecule is CCOC(=O)/C(=C\c1ncn2c1CCCC2)c1ccnc(C)c1.CCOC(=O)C(c1ccnc(C)c1)C(O[Si](C)(C)C(C)(C)C)c1ncn2c1CCCC2. The first-order chi connectivity index (χ1) is 25.7. The Hall–Kier alpha value is -4.42. The summed E-state index contributed by atoms with van der Waals surface area (Å²) >= 11 is 0. The van der Waals surface area contributed by atoms with Gasteiger partial charge in [-0.3, -0.25) is 14.8 Å². The molecule has 0 saturated heterocycles. The summed E-state index contributed by atoms with van der Waals surface area (Å²) in [5, 5.41) is -0.00157. The third-order valence-electron chi connectivity index (χ3n) is 10.7. The number of imidazole rings is 2. The lowest BCUT2D eigenvalue weighted by atomic mass is 9.90. The Kier molecular flexibility index (Phi) is 13.4. The van der Waals surface area contributed by atoms with Crippen LogP contribution in [0.15, 0.2) is 49.3 Å². The quantitative estimate of drug-likeness (QED) is 0.0844. The van der Waals surface area contributed by atoms with Crippen molar-refractivity contribution < 1.29 is 23.5 Å². The smallest absolute Gasteiger partial charge is 0.338 e. The third kappa shape index (κ3) is 9.62. The predicted molar refractivity (Wildman–Crippen MR) is 213 cm³/mol. The second-order valence-electron chi connectivity index (χ2n) is 15.7. The molecule has 2 aliphatic rings. The van der Waals surface area contributed by atoms with Gasteiger partial charge in [-0.05, 0) is 126 Å². The van der Waals surface area contributed by atoms with Gasteiger partial charge in [0, 0.05) is 48.3 Å². The Labute approximate surface area is 321 Å². The number of pyridine rings is 2. The number of nitrogens with zero attached hydrogens (tertiary/aromatic N) is 6. The van der Waals surface area contributed by atoms with Gasteiger partial charge in [-0.1, -0.05) is 20.8 Å². The molecular formula is C42H58N6O5Si. The lowest BCUT2D eigenvalue weighted by Gasteiger charge is -2.41. The Morgan fingerprint density at radius 3 is 2.07 bits per heavy atom. The van der Waals surface area contributed by atoms with Crippen molar-refractivity contribution in [2.45, 2.75) is 130 Å². The predicted octanol–water partition coefficient (Wildman–Crippen LogP) is 8.36. The van der Waals surface area contributed by atoms with Crippen LogP contribution in [-0.2, 0) is 49.4 Å². The Morgan fingerprint density at radius 1 is 0.833 bits per heavy atom. The lowest BCUT2D eigenvalue weighted by Crippen LogP contribution is -2.44. The van der Waals surface area contributed by atoms with E-state index < -0.39 is 20.3 Å². The molecule has 2 unspecified atom stereocenters. The normalized spacial score (nSPS) is 15.6. The first kappa shape index (κ1) is 40.8. The fraction of sp³-hybridized carbons (Fsp3) is 0.524. The van der Waals surface area contributed by atoms with Gasteiger partial charge in [0.05, 0.1) is 42.8 Å². The molecule has 4 aromatic rings. The highest BCUT2D eigenvalue weighted by atomic mass is 28.4. The molecule has 6 heterocycles. The maximum atomic E-state index is 13.4.